The smallest absolute Gasteiger partial charge is 0.124 e. The molecule has 0 aliphatic rings. The van der Waals surface area contributed by atoms with E-state index in [2.05, 4.69) is 32.6 Å². The number of hydrogen-bond acceptors (Lipinski definition) is 3. The van der Waals surface area contributed by atoms with Crippen LogP contribution in [0, 0.1) is 0 Å². The Bertz CT molecular complexity index is 674. The Morgan fingerprint density at radius 2 is 1.77 bits per heavy atom. The van der Waals surface area contributed by atoms with E-state index in [1.165, 1.54) is 0 Å². The zero-order valence-corrected chi connectivity index (χ0v) is 19.1. The van der Waals surface area contributed by atoms with Gasteiger partial charge in [0, 0.05) is 32.2 Å². The Morgan fingerprint density at radius 1 is 1.00 bits per heavy atom. The van der Waals surface area contributed by atoms with Crippen LogP contribution in [0.15, 0.2) is 40.9 Å². The number of rotatable bonds is 9. The van der Waals surface area contributed by atoms with Crippen LogP contribution in [0.4, 0.5) is 0 Å². The van der Waals surface area contributed by atoms with Gasteiger partial charge in [-0.3, -0.25) is 0 Å². The van der Waals surface area contributed by atoms with Crippen LogP contribution in [0.25, 0.3) is 0 Å². The fourth-order valence-corrected chi connectivity index (χ4v) is 3.11. The molecule has 0 saturated heterocycles. The Balaban J connectivity index is 0.00000312. The Hall–Kier alpha value is -0.200. The lowest BCUT2D eigenvalue weighted by Gasteiger charge is -2.14. The molecule has 0 aliphatic carbocycles. The lowest BCUT2D eigenvalue weighted by atomic mass is 10.2. The first kappa shape index (κ1) is 25.8. The molecule has 0 heterocycles. The maximum atomic E-state index is 6.20. The first-order chi connectivity index (χ1) is 11.6. The lowest BCUT2D eigenvalue weighted by molar-refractivity contribution is 0.302. The van der Waals surface area contributed by atoms with Crippen LogP contribution >= 0.6 is 63.9 Å². The van der Waals surface area contributed by atoms with Crippen LogP contribution < -0.4 is 15.4 Å². The number of halogens is 5. The lowest BCUT2D eigenvalue weighted by Crippen LogP contribution is -2.19. The van der Waals surface area contributed by atoms with Crippen molar-refractivity contribution in [3.05, 3.63) is 62.0 Å². The molecular formula is C18H23BrCl4N2O. The van der Waals surface area contributed by atoms with Crippen LogP contribution in [0.1, 0.15) is 17.5 Å². The second-order valence-electron chi connectivity index (χ2n) is 5.41. The van der Waals surface area contributed by atoms with Gasteiger partial charge in [-0.05, 0) is 56.9 Å². The van der Waals surface area contributed by atoms with Gasteiger partial charge in [0.25, 0.3) is 0 Å². The van der Waals surface area contributed by atoms with Gasteiger partial charge in [-0.2, -0.15) is 0 Å². The van der Waals surface area contributed by atoms with Gasteiger partial charge in [-0.25, -0.2) is 0 Å². The molecule has 0 bridgehead atoms. The predicted octanol–water partition coefficient (Wildman–Crippen LogP) is 5.88. The topological polar surface area (TPSA) is 33.3 Å². The molecule has 2 aromatic carbocycles. The normalized spacial score (nSPS) is 10.0. The minimum absolute atomic E-state index is 0. The molecule has 146 valence electrons. The molecule has 0 aliphatic heterocycles. The summed E-state index contributed by atoms with van der Waals surface area (Å²) in [6, 6.07) is 11.5. The number of ether oxygens (including phenoxy) is 1. The van der Waals surface area contributed by atoms with Crippen molar-refractivity contribution in [1.82, 2.24) is 10.6 Å². The number of hydrogen-bond donors (Lipinski definition) is 2. The third-order valence-corrected chi connectivity index (χ3v) is 4.60. The van der Waals surface area contributed by atoms with Gasteiger partial charge in [-0.15, -0.1) is 24.8 Å². The molecule has 0 amide bonds. The second kappa shape index (κ2) is 13.9. The summed E-state index contributed by atoms with van der Waals surface area (Å²) in [5.41, 5.74) is 2.02. The van der Waals surface area contributed by atoms with Crippen LogP contribution in [0.3, 0.4) is 0 Å². The van der Waals surface area contributed by atoms with Crippen molar-refractivity contribution < 1.29 is 4.74 Å². The van der Waals surface area contributed by atoms with Gasteiger partial charge in [0.15, 0.2) is 0 Å². The van der Waals surface area contributed by atoms with E-state index in [0.717, 1.165) is 47.4 Å². The molecule has 26 heavy (non-hydrogen) atoms. The largest absolute Gasteiger partial charge is 0.489 e. The molecule has 8 heteroatoms. The van der Waals surface area contributed by atoms with Gasteiger partial charge in [0.05, 0.1) is 0 Å². The van der Waals surface area contributed by atoms with E-state index in [-0.39, 0.29) is 24.8 Å². The Morgan fingerprint density at radius 3 is 2.46 bits per heavy atom. The highest BCUT2D eigenvalue weighted by Gasteiger charge is 2.07. The van der Waals surface area contributed by atoms with Crippen LogP contribution in [-0.2, 0) is 13.2 Å². The maximum absolute atomic E-state index is 6.20. The third kappa shape index (κ3) is 8.66. The average Bonchev–Trinajstić information content (AvgIpc) is 2.55. The highest BCUT2D eigenvalue weighted by atomic mass is 79.9. The molecule has 0 aromatic heterocycles. The van der Waals surface area contributed by atoms with Gasteiger partial charge < -0.3 is 15.4 Å². The molecule has 0 unspecified atom stereocenters. The average molecular weight is 505 g/mol. The minimum Gasteiger partial charge on any atom is -0.489 e. The molecular weight excluding hydrogens is 482 g/mol. The molecule has 0 atom stereocenters. The summed E-state index contributed by atoms with van der Waals surface area (Å²) in [5.74, 6) is 0.852. The highest BCUT2D eigenvalue weighted by molar-refractivity contribution is 9.10. The Labute approximate surface area is 186 Å². The van der Waals surface area contributed by atoms with Crippen molar-refractivity contribution >= 4 is 63.9 Å². The van der Waals surface area contributed by atoms with Gasteiger partial charge >= 0.3 is 0 Å². The summed E-state index contributed by atoms with van der Waals surface area (Å²) in [5, 5.41) is 7.82. The van der Waals surface area contributed by atoms with Gasteiger partial charge in [-0.1, -0.05) is 45.2 Å². The summed E-state index contributed by atoms with van der Waals surface area (Å²) in [6.07, 6.45) is 1.08. The first-order valence-corrected chi connectivity index (χ1v) is 9.35. The van der Waals surface area contributed by atoms with Crippen molar-refractivity contribution in [2.24, 2.45) is 0 Å². The summed E-state index contributed by atoms with van der Waals surface area (Å²) in [4.78, 5) is 0. The minimum atomic E-state index is 0. The van der Waals surface area contributed by atoms with Crippen molar-refractivity contribution in [2.75, 3.05) is 20.1 Å². The summed E-state index contributed by atoms with van der Waals surface area (Å²) in [7, 11) is 1.96. The van der Waals surface area contributed by atoms with E-state index in [0.29, 0.717) is 16.7 Å². The van der Waals surface area contributed by atoms with Crippen molar-refractivity contribution in [3.63, 3.8) is 0 Å². The second-order valence-corrected chi connectivity index (χ2v) is 7.17. The zero-order valence-electron chi connectivity index (χ0n) is 14.4. The van der Waals surface area contributed by atoms with Crippen LogP contribution in [0.2, 0.25) is 10.0 Å². The monoisotopic (exact) mass is 502 g/mol. The van der Waals surface area contributed by atoms with E-state index < -0.39 is 0 Å². The molecule has 0 saturated carbocycles. The van der Waals surface area contributed by atoms with E-state index in [9.17, 15) is 0 Å². The highest BCUT2D eigenvalue weighted by Crippen LogP contribution is 2.26. The number of benzene rings is 2. The standard InChI is InChI=1S/C18H21BrCl2N2O.2ClH/c1-22-7-2-8-23-11-14-9-15(19)4-6-18(14)24-12-13-3-5-16(20)10-17(13)21;;/h3-6,9-10,22-23H,2,7-8,11-12H2,1H3;2*1H. The van der Waals surface area contributed by atoms with Crippen LogP contribution in [0.5, 0.6) is 5.75 Å². The molecule has 0 fully saturated rings. The van der Waals surface area contributed by atoms with Gasteiger partial charge in [0.2, 0.25) is 0 Å². The maximum Gasteiger partial charge on any atom is 0.124 e. The zero-order chi connectivity index (χ0) is 17.4. The van der Waals surface area contributed by atoms with E-state index in [1.807, 2.05) is 31.3 Å². The SMILES string of the molecule is CNCCCNCc1cc(Br)ccc1OCc1ccc(Cl)cc1Cl.Cl.Cl. The molecule has 2 rings (SSSR count). The molecule has 2 aromatic rings. The van der Waals surface area contributed by atoms with E-state index in [4.69, 9.17) is 27.9 Å². The van der Waals surface area contributed by atoms with E-state index in [1.54, 1.807) is 6.07 Å². The Kier molecular flexibility index (Phi) is 13.8. The van der Waals surface area contributed by atoms with Crippen molar-refractivity contribution in [3.8, 4) is 5.75 Å². The molecule has 0 spiro atoms. The van der Waals surface area contributed by atoms with Crippen molar-refractivity contribution in [2.45, 2.75) is 19.6 Å². The van der Waals surface area contributed by atoms with Crippen LogP contribution in [-0.4, -0.2) is 20.1 Å². The number of nitrogens with one attached hydrogen (secondary N) is 2. The summed E-state index contributed by atoms with van der Waals surface area (Å²) in [6.45, 7) is 3.12. The quantitative estimate of drug-likeness (QED) is 0.418. The first-order valence-electron chi connectivity index (χ1n) is 7.80. The summed E-state index contributed by atoms with van der Waals surface area (Å²) >= 11 is 15.6. The van der Waals surface area contributed by atoms with E-state index >= 15 is 0 Å². The fourth-order valence-electron chi connectivity index (χ4n) is 2.23. The molecule has 3 nitrogen and oxygen atoms in total. The molecule has 0 radical (unpaired) electrons. The van der Waals surface area contributed by atoms with Gasteiger partial charge in [0.1, 0.15) is 12.4 Å². The predicted molar refractivity (Wildman–Crippen MR) is 120 cm³/mol. The molecule has 2 N–H and O–H groups in total. The third-order valence-electron chi connectivity index (χ3n) is 3.52. The fraction of sp³-hybridized carbons (Fsp3) is 0.333. The summed E-state index contributed by atoms with van der Waals surface area (Å²) < 4.78 is 7.01. The van der Waals surface area contributed by atoms with Crippen molar-refractivity contribution in [1.29, 1.82) is 0 Å².